The predicted molar refractivity (Wildman–Crippen MR) is 118 cm³/mol. The van der Waals surface area contributed by atoms with Crippen molar-refractivity contribution in [3.8, 4) is 17.2 Å². The van der Waals surface area contributed by atoms with Crippen LogP contribution in [0.15, 0.2) is 63.8 Å². The summed E-state index contributed by atoms with van der Waals surface area (Å²) in [5.41, 5.74) is 1.18. The van der Waals surface area contributed by atoms with Gasteiger partial charge < -0.3 is 23.7 Å². The summed E-state index contributed by atoms with van der Waals surface area (Å²) in [5, 5.41) is 10.3. The lowest BCUT2D eigenvalue weighted by atomic mass is 9.92. The molecule has 0 spiro atoms. The van der Waals surface area contributed by atoms with E-state index in [1.807, 2.05) is 30.3 Å². The Labute approximate surface area is 186 Å². The minimum absolute atomic E-state index is 0.000184. The number of ether oxygens (including phenoxy) is 3. The summed E-state index contributed by atoms with van der Waals surface area (Å²) >= 11 is 0. The van der Waals surface area contributed by atoms with Gasteiger partial charge >= 0.3 is 5.97 Å². The van der Waals surface area contributed by atoms with Gasteiger partial charge in [0, 0.05) is 12.5 Å². The second kappa shape index (κ2) is 10.5. The number of rotatable bonds is 9. The highest BCUT2D eigenvalue weighted by Crippen LogP contribution is 2.37. The number of methoxy groups -OCH3 is 2. The molecule has 0 saturated heterocycles. The fourth-order valence-corrected chi connectivity index (χ4v) is 3.42. The molecule has 1 heterocycles. The van der Waals surface area contributed by atoms with Crippen molar-refractivity contribution in [1.29, 1.82) is 0 Å². The van der Waals surface area contributed by atoms with Crippen molar-refractivity contribution in [1.82, 2.24) is 0 Å². The molecule has 2 aromatic carbocycles. The van der Waals surface area contributed by atoms with Crippen LogP contribution < -0.4 is 14.9 Å². The van der Waals surface area contributed by atoms with Crippen LogP contribution >= 0.6 is 0 Å². The SMILES string of the molecule is COC(=O)CC(c1ccc(OCCc2ccccc2)c(OC)c1)c1oc(C)cc(=O)c1O. The number of aryl methyl sites for hydroxylation is 1. The average Bonchev–Trinajstić information content (AvgIpc) is 2.80. The molecule has 7 nitrogen and oxygen atoms in total. The van der Waals surface area contributed by atoms with Crippen LogP contribution in [0.2, 0.25) is 0 Å². The van der Waals surface area contributed by atoms with Crippen molar-refractivity contribution in [2.75, 3.05) is 20.8 Å². The van der Waals surface area contributed by atoms with Gasteiger partial charge in [-0.1, -0.05) is 36.4 Å². The Hall–Kier alpha value is -3.74. The maximum absolute atomic E-state index is 12.1. The van der Waals surface area contributed by atoms with Gasteiger partial charge in [-0.05, 0) is 30.2 Å². The third-order valence-electron chi connectivity index (χ3n) is 5.07. The van der Waals surface area contributed by atoms with Crippen molar-refractivity contribution in [2.45, 2.75) is 25.7 Å². The van der Waals surface area contributed by atoms with Crippen molar-refractivity contribution in [3.63, 3.8) is 0 Å². The van der Waals surface area contributed by atoms with Crippen LogP contribution in [0.3, 0.4) is 0 Å². The molecule has 1 N–H and O–H groups in total. The minimum Gasteiger partial charge on any atom is -0.502 e. The second-order valence-corrected chi connectivity index (χ2v) is 7.26. The first-order chi connectivity index (χ1) is 15.4. The van der Waals surface area contributed by atoms with Crippen molar-refractivity contribution in [2.24, 2.45) is 0 Å². The van der Waals surface area contributed by atoms with Gasteiger partial charge in [-0.3, -0.25) is 9.59 Å². The third kappa shape index (κ3) is 5.49. The molecule has 0 aliphatic heterocycles. The Morgan fingerprint density at radius 3 is 2.50 bits per heavy atom. The van der Waals surface area contributed by atoms with E-state index >= 15 is 0 Å². The van der Waals surface area contributed by atoms with Crippen molar-refractivity contribution < 1.29 is 28.5 Å². The molecule has 3 rings (SSSR count). The van der Waals surface area contributed by atoms with E-state index in [9.17, 15) is 14.7 Å². The van der Waals surface area contributed by atoms with Gasteiger partial charge in [-0.15, -0.1) is 0 Å². The first kappa shape index (κ1) is 22.9. The molecule has 0 amide bonds. The van der Waals surface area contributed by atoms with Crippen LogP contribution in [0.1, 0.15) is 35.0 Å². The van der Waals surface area contributed by atoms with Crippen LogP contribution in [0.4, 0.5) is 0 Å². The zero-order chi connectivity index (χ0) is 23.1. The lowest BCUT2D eigenvalue weighted by Crippen LogP contribution is -2.14. The van der Waals surface area contributed by atoms with Crippen LogP contribution in [0.25, 0.3) is 0 Å². The first-order valence-electron chi connectivity index (χ1n) is 10.2. The molecule has 0 bridgehead atoms. The number of carbonyl (C=O) groups excluding carboxylic acids is 1. The van der Waals surface area contributed by atoms with Gasteiger partial charge in [-0.25, -0.2) is 0 Å². The van der Waals surface area contributed by atoms with Gasteiger partial charge in [0.25, 0.3) is 0 Å². The Balaban J connectivity index is 1.90. The molecule has 1 unspecified atom stereocenters. The highest BCUT2D eigenvalue weighted by molar-refractivity contribution is 5.71. The van der Waals surface area contributed by atoms with Gasteiger partial charge in [0.15, 0.2) is 17.3 Å². The van der Waals surface area contributed by atoms with Gasteiger partial charge in [0.1, 0.15) is 5.76 Å². The number of carbonyl (C=O) groups is 1. The number of hydrogen-bond acceptors (Lipinski definition) is 7. The molecular formula is C25H26O7. The Bertz CT molecular complexity index is 1120. The van der Waals surface area contributed by atoms with E-state index in [4.69, 9.17) is 18.6 Å². The number of aromatic hydroxyl groups is 1. The van der Waals surface area contributed by atoms with Crippen molar-refractivity contribution >= 4 is 5.97 Å². The molecular weight excluding hydrogens is 412 g/mol. The van der Waals surface area contributed by atoms with E-state index in [-0.39, 0.29) is 12.2 Å². The largest absolute Gasteiger partial charge is 0.502 e. The summed E-state index contributed by atoms with van der Waals surface area (Å²) in [5.74, 6) is -0.473. The highest BCUT2D eigenvalue weighted by atomic mass is 16.5. The molecule has 3 aromatic rings. The molecule has 7 heteroatoms. The predicted octanol–water partition coefficient (Wildman–Crippen LogP) is 3.98. The lowest BCUT2D eigenvalue weighted by Gasteiger charge is -2.19. The summed E-state index contributed by atoms with van der Waals surface area (Å²) in [6.07, 6.45) is 0.604. The van der Waals surface area contributed by atoms with E-state index < -0.39 is 23.1 Å². The highest BCUT2D eigenvalue weighted by Gasteiger charge is 2.27. The Kier molecular flexibility index (Phi) is 7.54. The second-order valence-electron chi connectivity index (χ2n) is 7.26. The molecule has 0 radical (unpaired) electrons. The fourth-order valence-electron chi connectivity index (χ4n) is 3.42. The molecule has 168 valence electrons. The summed E-state index contributed by atoms with van der Waals surface area (Å²) in [6.45, 7) is 2.06. The summed E-state index contributed by atoms with van der Waals surface area (Å²) < 4.78 is 21.8. The molecule has 1 atom stereocenters. The van der Waals surface area contributed by atoms with Gasteiger partial charge in [0.2, 0.25) is 11.2 Å². The van der Waals surface area contributed by atoms with E-state index in [0.717, 1.165) is 12.0 Å². The van der Waals surface area contributed by atoms with E-state index in [2.05, 4.69) is 0 Å². The van der Waals surface area contributed by atoms with E-state index in [1.54, 1.807) is 25.1 Å². The molecule has 0 aliphatic carbocycles. The average molecular weight is 438 g/mol. The standard InChI is InChI=1S/C25H26O7/c1-16-13-20(26)24(28)25(32-16)19(15-23(27)30-3)18-9-10-21(22(14-18)29-2)31-12-11-17-7-5-4-6-8-17/h4-10,13-14,19,28H,11-12,15H2,1-3H3. The molecule has 32 heavy (non-hydrogen) atoms. The number of hydrogen-bond donors (Lipinski definition) is 1. The maximum Gasteiger partial charge on any atom is 0.306 e. The van der Waals surface area contributed by atoms with Crippen LogP contribution in [0, 0.1) is 6.92 Å². The number of benzene rings is 2. The third-order valence-corrected chi connectivity index (χ3v) is 5.07. The van der Waals surface area contributed by atoms with E-state index in [0.29, 0.717) is 29.4 Å². The van der Waals surface area contributed by atoms with E-state index in [1.165, 1.54) is 20.3 Å². The Morgan fingerprint density at radius 1 is 1.06 bits per heavy atom. The Morgan fingerprint density at radius 2 is 1.81 bits per heavy atom. The molecule has 0 fully saturated rings. The van der Waals surface area contributed by atoms with Crippen LogP contribution in [-0.2, 0) is 16.0 Å². The minimum atomic E-state index is -0.748. The summed E-state index contributed by atoms with van der Waals surface area (Å²) in [7, 11) is 2.79. The topological polar surface area (TPSA) is 95.2 Å². The maximum atomic E-state index is 12.1. The monoisotopic (exact) mass is 438 g/mol. The normalized spacial score (nSPS) is 11.6. The van der Waals surface area contributed by atoms with Crippen LogP contribution in [-0.4, -0.2) is 31.9 Å². The zero-order valence-corrected chi connectivity index (χ0v) is 18.3. The molecule has 1 aromatic heterocycles. The molecule has 0 aliphatic rings. The molecule has 0 saturated carbocycles. The van der Waals surface area contributed by atoms with Crippen molar-refractivity contribution in [3.05, 3.63) is 87.5 Å². The lowest BCUT2D eigenvalue weighted by molar-refractivity contribution is -0.140. The van der Waals surface area contributed by atoms with Crippen LogP contribution in [0.5, 0.6) is 17.2 Å². The fraction of sp³-hybridized carbons (Fsp3) is 0.280. The van der Waals surface area contributed by atoms with Gasteiger partial charge in [-0.2, -0.15) is 0 Å². The summed E-state index contributed by atoms with van der Waals surface area (Å²) in [4.78, 5) is 24.2. The first-order valence-corrected chi connectivity index (χ1v) is 10.2. The van der Waals surface area contributed by atoms with Gasteiger partial charge in [0.05, 0.1) is 33.2 Å². The summed E-state index contributed by atoms with van der Waals surface area (Å²) in [6, 6.07) is 16.4. The smallest absolute Gasteiger partial charge is 0.306 e. The quantitative estimate of drug-likeness (QED) is 0.505. The zero-order valence-electron chi connectivity index (χ0n) is 18.3. The number of esters is 1.